The lowest BCUT2D eigenvalue weighted by atomic mass is 9.70. The molecule has 1 fully saturated rings. The van der Waals surface area contributed by atoms with Crippen LogP contribution in [0.15, 0.2) is 60.7 Å². The van der Waals surface area contributed by atoms with E-state index in [9.17, 15) is 4.79 Å². The molecule has 0 radical (unpaired) electrons. The van der Waals surface area contributed by atoms with Crippen molar-refractivity contribution in [3.63, 3.8) is 0 Å². The van der Waals surface area contributed by atoms with Gasteiger partial charge in [0.2, 0.25) is 5.91 Å². The number of benzene rings is 2. The Bertz CT molecular complexity index is 617. The first-order valence-corrected chi connectivity index (χ1v) is 9.00. The molecule has 0 heterocycles. The highest BCUT2D eigenvalue weighted by atomic mass is 16.2. The molecule has 1 aliphatic carbocycles. The molecule has 2 heteroatoms. The van der Waals surface area contributed by atoms with Gasteiger partial charge < -0.3 is 5.32 Å². The van der Waals surface area contributed by atoms with Crippen LogP contribution in [-0.4, -0.2) is 11.9 Å². The van der Waals surface area contributed by atoms with Crippen LogP contribution < -0.4 is 5.32 Å². The fourth-order valence-corrected chi connectivity index (χ4v) is 3.89. The lowest BCUT2D eigenvalue weighted by Gasteiger charge is -2.35. The van der Waals surface area contributed by atoms with Crippen LogP contribution in [0.3, 0.4) is 0 Å². The van der Waals surface area contributed by atoms with Crippen molar-refractivity contribution in [2.45, 2.75) is 51.5 Å². The van der Waals surface area contributed by atoms with E-state index in [1.165, 1.54) is 24.0 Å². The van der Waals surface area contributed by atoms with Crippen LogP contribution in [0.5, 0.6) is 0 Å². The van der Waals surface area contributed by atoms with Gasteiger partial charge in [0, 0.05) is 12.0 Å². The maximum absolute atomic E-state index is 13.1. The van der Waals surface area contributed by atoms with Crippen molar-refractivity contribution < 1.29 is 4.79 Å². The number of carbonyl (C=O) groups excluding carboxylic acids is 1. The van der Waals surface area contributed by atoms with E-state index in [0.717, 1.165) is 12.8 Å². The van der Waals surface area contributed by atoms with Crippen molar-refractivity contribution in [3.8, 4) is 0 Å². The van der Waals surface area contributed by atoms with Gasteiger partial charge in [-0.3, -0.25) is 4.79 Å². The molecular weight excluding hydrogens is 294 g/mol. The van der Waals surface area contributed by atoms with E-state index < -0.39 is 5.41 Å². The summed E-state index contributed by atoms with van der Waals surface area (Å²) in [7, 11) is 0. The number of carbonyl (C=O) groups is 1. The number of rotatable bonds is 5. The summed E-state index contributed by atoms with van der Waals surface area (Å²) in [6, 6.07) is 21.1. The van der Waals surface area contributed by atoms with Crippen LogP contribution >= 0.6 is 0 Å². The third-order valence-corrected chi connectivity index (χ3v) is 5.26. The summed E-state index contributed by atoms with van der Waals surface area (Å²) in [6.07, 6.45) is 4.69. The summed E-state index contributed by atoms with van der Waals surface area (Å²) in [5.41, 5.74) is 1.87. The number of hydrogen-bond donors (Lipinski definition) is 1. The summed E-state index contributed by atoms with van der Waals surface area (Å²) in [6.45, 7) is 4.14. The molecule has 1 amide bonds. The predicted molar refractivity (Wildman–Crippen MR) is 98.9 cm³/mol. The van der Waals surface area contributed by atoms with E-state index in [4.69, 9.17) is 0 Å². The lowest BCUT2D eigenvalue weighted by Crippen LogP contribution is -2.45. The second-order valence-corrected chi connectivity index (χ2v) is 7.43. The predicted octanol–water partition coefficient (Wildman–Crippen LogP) is 4.90. The second kappa shape index (κ2) is 7.21. The molecule has 3 rings (SSSR count). The molecule has 2 aromatic carbocycles. The van der Waals surface area contributed by atoms with E-state index in [0.29, 0.717) is 6.04 Å². The van der Waals surface area contributed by atoms with Crippen LogP contribution in [0.4, 0.5) is 0 Å². The minimum atomic E-state index is -0.509. The normalized spacial score (nSPS) is 15.6. The Kier molecular flexibility index (Phi) is 5.03. The SMILES string of the molecule is CC(C)(C(=O)NC1CCCC1)C(c1ccccc1)c1ccccc1. The van der Waals surface area contributed by atoms with E-state index in [2.05, 4.69) is 67.7 Å². The first-order chi connectivity index (χ1) is 11.6. The molecule has 0 atom stereocenters. The summed E-state index contributed by atoms with van der Waals surface area (Å²) in [5.74, 6) is 0.202. The average molecular weight is 321 g/mol. The molecule has 0 bridgehead atoms. The van der Waals surface area contributed by atoms with E-state index >= 15 is 0 Å². The highest BCUT2D eigenvalue weighted by Gasteiger charge is 2.39. The Morgan fingerprint density at radius 3 is 1.83 bits per heavy atom. The Morgan fingerprint density at radius 2 is 1.38 bits per heavy atom. The number of hydrogen-bond acceptors (Lipinski definition) is 1. The molecule has 2 aromatic rings. The maximum Gasteiger partial charge on any atom is 0.226 e. The number of nitrogens with one attached hydrogen (secondary N) is 1. The van der Waals surface area contributed by atoms with Crippen LogP contribution in [0.1, 0.15) is 56.6 Å². The number of amides is 1. The van der Waals surface area contributed by atoms with Crippen molar-refractivity contribution in [3.05, 3.63) is 71.8 Å². The van der Waals surface area contributed by atoms with Gasteiger partial charge in [-0.25, -0.2) is 0 Å². The molecule has 0 saturated heterocycles. The largest absolute Gasteiger partial charge is 0.353 e. The van der Waals surface area contributed by atoms with Crippen molar-refractivity contribution in [2.75, 3.05) is 0 Å². The molecule has 24 heavy (non-hydrogen) atoms. The zero-order valence-electron chi connectivity index (χ0n) is 14.7. The molecular formula is C22H27NO. The van der Waals surface area contributed by atoms with E-state index in [1.807, 2.05) is 12.1 Å². The molecule has 0 aliphatic heterocycles. The van der Waals surface area contributed by atoms with Gasteiger partial charge in [-0.1, -0.05) is 87.4 Å². The summed E-state index contributed by atoms with van der Waals surface area (Å²) in [4.78, 5) is 13.1. The molecule has 0 spiro atoms. The van der Waals surface area contributed by atoms with Crippen molar-refractivity contribution >= 4 is 5.91 Å². The third kappa shape index (κ3) is 3.53. The van der Waals surface area contributed by atoms with Crippen LogP contribution in [0, 0.1) is 5.41 Å². The van der Waals surface area contributed by atoms with Gasteiger partial charge in [-0.15, -0.1) is 0 Å². The summed E-state index contributed by atoms with van der Waals surface area (Å²) >= 11 is 0. The van der Waals surface area contributed by atoms with E-state index in [1.54, 1.807) is 0 Å². The molecule has 0 unspecified atom stereocenters. The highest BCUT2D eigenvalue weighted by Crippen LogP contribution is 2.41. The van der Waals surface area contributed by atoms with Gasteiger partial charge in [-0.05, 0) is 24.0 Å². The highest BCUT2D eigenvalue weighted by molar-refractivity contribution is 5.84. The topological polar surface area (TPSA) is 29.1 Å². The maximum atomic E-state index is 13.1. The van der Waals surface area contributed by atoms with Crippen LogP contribution in [-0.2, 0) is 4.79 Å². The standard InChI is InChI=1S/C22H27NO/c1-22(2,21(24)23-19-15-9-10-16-19)20(17-11-5-3-6-12-17)18-13-7-4-8-14-18/h3-8,11-14,19-20H,9-10,15-16H2,1-2H3,(H,23,24). The zero-order valence-corrected chi connectivity index (χ0v) is 14.7. The Balaban J connectivity index is 1.93. The minimum absolute atomic E-state index is 0.0429. The zero-order chi connectivity index (χ0) is 17.0. The van der Waals surface area contributed by atoms with Gasteiger partial charge in [-0.2, -0.15) is 0 Å². The molecule has 1 saturated carbocycles. The van der Waals surface area contributed by atoms with E-state index in [-0.39, 0.29) is 11.8 Å². The van der Waals surface area contributed by atoms with Crippen molar-refractivity contribution in [1.29, 1.82) is 0 Å². The van der Waals surface area contributed by atoms with Crippen molar-refractivity contribution in [2.24, 2.45) is 5.41 Å². The quantitative estimate of drug-likeness (QED) is 0.833. The van der Waals surface area contributed by atoms with Crippen LogP contribution in [0.2, 0.25) is 0 Å². The average Bonchev–Trinajstić information content (AvgIpc) is 3.10. The summed E-state index contributed by atoms with van der Waals surface area (Å²) < 4.78 is 0. The smallest absolute Gasteiger partial charge is 0.226 e. The lowest BCUT2D eigenvalue weighted by molar-refractivity contribution is -0.130. The van der Waals surface area contributed by atoms with Gasteiger partial charge in [0.1, 0.15) is 0 Å². The monoisotopic (exact) mass is 321 g/mol. The Hall–Kier alpha value is -2.09. The molecule has 1 aliphatic rings. The molecule has 1 N–H and O–H groups in total. The molecule has 2 nitrogen and oxygen atoms in total. The Morgan fingerprint density at radius 1 is 0.917 bits per heavy atom. The van der Waals surface area contributed by atoms with Gasteiger partial charge in [0.15, 0.2) is 0 Å². The van der Waals surface area contributed by atoms with Gasteiger partial charge in [0.05, 0.1) is 5.41 Å². The fourth-order valence-electron chi connectivity index (χ4n) is 3.89. The first kappa shape index (κ1) is 16.8. The summed E-state index contributed by atoms with van der Waals surface area (Å²) in [5, 5.41) is 3.30. The van der Waals surface area contributed by atoms with Crippen LogP contribution in [0.25, 0.3) is 0 Å². The van der Waals surface area contributed by atoms with Gasteiger partial charge in [0.25, 0.3) is 0 Å². The Labute approximate surface area is 145 Å². The second-order valence-electron chi connectivity index (χ2n) is 7.43. The minimum Gasteiger partial charge on any atom is -0.353 e. The van der Waals surface area contributed by atoms with Gasteiger partial charge >= 0.3 is 0 Å². The fraction of sp³-hybridized carbons (Fsp3) is 0.409. The first-order valence-electron chi connectivity index (χ1n) is 9.00. The third-order valence-electron chi connectivity index (χ3n) is 5.26. The van der Waals surface area contributed by atoms with Crippen molar-refractivity contribution in [1.82, 2.24) is 5.32 Å². The molecule has 0 aromatic heterocycles. The molecule has 126 valence electrons.